The second-order valence-corrected chi connectivity index (χ2v) is 4.26. The number of rotatable bonds is 2. The van der Waals surface area contributed by atoms with Crippen molar-refractivity contribution < 1.29 is 5.11 Å². The van der Waals surface area contributed by atoms with Gasteiger partial charge in [-0.1, -0.05) is 13.8 Å². The Morgan fingerprint density at radius 1 is 1.12 bits per heavy atom. The van der Waals surface area contributed by atoms with Crippen molar-refractivity contribution in [1.29, 1.82) is 0 Å². The number of aryl methyl sites for hydroxylation is 1. The fourth-order valence-electron chi connectivity index (χ4n) is 1.87. The molecule has 0 spiro atoms. The number of pyridine rings is 1. The Kier molecular flexibility index (Phi) is 3.04. The normalized spacial score (nSPS) is 10.8. The van der Waals surface area contributed by atoms with E-state index in [1.165, 1.54) is 0 Å². The van der Waals surface area contributed by atoms with Gasteiger partial charge in [0, 0.05) is 29.2 Å². The number of nitrogens with zero attached hydrogens (tertiary/aromatic N) is 3. The highest BCUT2D eigenvalue weighted by Gasteiger charge is 2.14. The van der Waals surface area contributed by atoms with Crippen LogP contribution in [0.4, 0.5) is 0 Å². The molecule has 2 heterocycles. The topological polar surface area (TPSA) is 58.9 Å². The minimum Gasteiger partial charge on any atom is -0.493 e. The van der Waals surface area contributed by atoms with Crippen LogP contribution in [-0.2, 0) is 0 Å². The van der Waals surface area contributed by atoms with Gasteiger partial charge in [0.15, 0.2) is 5.82 Å². The molecule has 2 aromatic heterocycles. The van der Waals surface area contributed by atoms with Gasteiger partial charge in [-0.3, -0.25) is 4.98 Å². The van der Waals surface area contributed by atoms with Crippen molar-refractivity contribution >= 4 is 0 Å². The van der Waals surface area contributed by atoms with Crippen LogP contribution in [0.5, 0.6) is 5.88 Å². The van der Waals surface area contributed by atoms with Gasteiger partial charge in [0.1, 0.15) is 0 Å². The minimum absolute atomic E-state index is 0.0688. The first-order chi connectivity index (χ1) is 8.09. The van der Waals surface area contributed by atoms with E-state index in [9.17, 15) is 5.11 Å². The molecule has 2 aromatic rings. The van der Waals surface area contributed by atoms with E-state index in [-0.39, 0.29) is 11.8 Å². The Balaban J connectivity index is 2.53. The summed E-state index contributed by atoms with van der Waals surface area (Å²) in [4.78, 5) is 12.5. The van der Waals surface area contributed by atoms with E-state index in [1.54, 1.807) is 12.4 Å². The molecule has 0 aromatic carbocycles. The van der Waals surface area contributed by atoms with Gasteiger partial charge in [0.05, 0.1) is 0 Å². The standard InChI is InChI=1S/C13H15N3O/c1-8(2)11-9(3)15-12(16-13(11)17)10-4-6-14-7-5-10/h4-8H,1-3H3,(H,15,16,17). The molecule has 88 valence electrons. The first-order valence-electron chi connectivity index (χ1n) is 5.57. The van der Waals surface area contributed by atoms with Crippen LogP contribution in [0.2, 0.25) is 0 Å². The Morgan fingerprint density at radius 3 is 2.29 bits per heavy atom. The predicted molar refractivity (Wildman–Crippen MR) is 65.8 cm³/mol. The lowest BCUT2D eigenvalue weighted by Crippen LogP contribution is -2.01. The van der Waals surface area contributed by atoms with E-state index in [2.05, 4.69) is 15.0 Å². The minimum atomic E-state index is 0.0688. The predicted octanol–water partition coefficient (Wildman–Crippen LogP) is 2.68. The molecule has 0 bridgehead atoms. The SMILES string of the molecule is Cc1nc(-c2ccncc2)nc(O)c1C(C)C. The van der Waals surface area contributed by atoms with E-state index in [0.29, 0.717) is 5.82 Å². The van der Waals surface area contributed by atoms with Crippen LogP contribution in [0.3, 0.4) is 0 Å². The summed E-state index contributed by atoms with van der Waals surface area (Å²) in [6.45, 7) is 5.91. The number of hydrogen-bond donors (Lipinski definition) is 1. The van der Waals surface area contributed by atoms with Gasteiger partial charge in [0.2, 0.25) is 5.88 Å². The molecular weight excluding hydrogens is 214 g/mol. The van der Waals surface area contributed by atoms with Crippen molar-refractivity contribution in [3.8, 4) is 17.3 Å². The number of aromatic hydroxyl groups is 1. The first-order valence-corrected chi connectivity index (χ1v) is 5.57. The fourth-order valence-corrected chi connectivity index (χ4v) is 1.87. The number of aromatic nitrogens is 3. The summed E-state index contributed by atoms with van der Waals surface area (Å²) in [7, 11) is 0. The second kappa shape index (κ2) is 4.49. The third kappa shape index (κ3) is 2.25. The Hall–Kier alpha value is -1.97. The van der Waals surface area contributed by atoms with Crippen molar-refractivity contribution in [3.63, 3.8) is 0 Å². The van der Waals surface area contributed by atoms with Crippen LogP contribution in [0, 0.1) is 6.92 Å². The highest BCUT2D eigenvalue weighted by atomic mass is 16.3. The maximum absolute atomic E-state index is 9.94. The van der Waals surface area contributed by atoms with E-state index < -0.39 is 0 Å². The molecule has 4 heteroatoms. The van der Waals surface area contributed by atoms with Gasteiger partial charge in [-0.2, -0.15) is 4.98 Å². The molecule has 0 aliphatic carbocycles. The fraction of sp³-hybridized carbons (Fsp3) is 0.308. The molecule has 1 N–H and O–H groups in total. The zero-order chi connectivity index (χ0) is 12.4. The summed E-state index contributed by atoms with van der Waals surface area (Å²) < 4.78 is 0. The van der Waals surface area contributed by atoms with Crippen LogP contribution in [0.15, 0.2) is 24.5 Å². The van der Waals surface area contributed by atoms with E-state index in [4.69, 9.17) is 0 Å². The van der Waals surface area contributed by atoms with Crippen LogP contribution < -0.4 is 0 Å². The van der Waals surface area contributed by atoms with Crippen LogP contribution in [0.1, 0.15) is 31.0 Å². The van der Waals surface area contributed by atoms with Crippen LogP contribution in [0.25, 0.3) is 11.4 Å². The smallest absolute Gasteiger partial charge is 0.218 e. The molecule has 0 atom stereocenters. The van der Waals surface area contributed by atoms with Gasteiger partial charge >= 0.3 is 0 Å². The molecule has 0 radical (unpaired) electrons. The third-order valence-corrected chi connectivity index (χ3v) is 2.63. The second-order valence-electron chi connectivity index (χ2n) is 4.26. The highest BCUT2D eigenvalue weighted by Crippen LogP contribution is 2.28. The average Bonchev–Trinajstić information content (AvgIpc) is 2.28. The summed E-state index contributed by atoms with van der Waals surface area (Å²) in [5, 5.41) is 9.94. The van der Waals surface area contributed by atoms with Gasteiger partial charge in [-0.05, 0) is 25.0 Å². The van der Waals surface area contributed by atoms with Crippen molar-refractivity contribution in [3.05, 3.63) is 35.8 Å². The van der Waals surface area contributed by atoms with Crippen LogP contribution >= 0.6 is 0 Å². The van der Waals surface area contributed by atoms with Crippen LogP contribution in [-0.4, -0.2) is 20.1 Å². The summed E-state index contributed by atoms with van der Waals surface area (Å²) in [6.07, 6.45) is 3.36. The lowest BCUT2D eigenvalue weighted by atomic mass is 10.0. The Morgan fingerprint density at radius 2 is 1.76 bits per heavy atom. The van der Waals surface area contributed by atoms with E-state index >= 15 is 0 Å². The van der Waals surface area contributed by atoms with E-state index in [1.807, 2.05) is 32.9 Å². The number of hydrogen-bond acceptors (Lipinski definition) is 4. The molecule has 0 aliphatic heterocycles. The zero-order valence-corrected chi connectivity index (χ0v) is 10.2. The molecule has 0 fully saturated rings. The van der Waals surface area contributed by atoms with Gasteiger partial charge in [-0.25, -0.2) is 4.98 Å². The molecule has 4 nitrogen and oxygen atoms in total. The van der Waals surface area contributed by atoms with Crippen molar-refractivity contribution in [2.75, 3.05) is 0 Å². The summed E-state index contributed by atoms with van der Waals surface area (Å²) in [6, 6.07) is 3.65. The van der Waals surface area contributed by atoms with Crippen molar-refractivity contribution in [2.45, 2.75) is 26.7 Å². The lowest BCUT2D eigenvalue weighted by Gasteiger charge is -2.11. The average molecular weight is 229 g/mol. The quantitative estimate of drug-likeness (QED) is 0.860. The van der Waals surface area contributed by atoms with Gasteiger partial charge < -0.3 is 5.11 Å². The highest BCUT2D eigenvalue weighted by molar-refractivity contribution is 5.55. The van der Waals surface area contributed by atoms with Crippen molar-refractivity contribution in [1.82, 2.24) is 15.0 Å². The Labute approximate surface area is 100 Å². The molecular formula is C13H15N3O. The van der Waals surface area contributed by atoms with Gasteiger partial charge in [0.25, 0.3) is 0 Å². The maximum Gasteiger partial charge on any atom is 0.218 e. The Bertz CT molecular complexity index is 500. The maximum atomic E-state index is 9.94. The van der Waals surface area contributed by atoms with E-state index in [0.717, 1.165) is 16.8 Å². The summed E-state index contributed by atoms with van der Waals surface area (Å²) in [5.74, 6) is 0.813. The molecule has 0 aliphatic rings. The third-order valence-electron chi connectivity index (χ3n) is 2.63. The molecule has 0 saturated heterocycles. The molecule has 0 amide bonds. The lowest BCUT2D eigenvalue weighted by molar-refractivity contribution is 0.440. The summed E-state index contributed by atoms with van der Waals surface area (Å²) >= 11 is 0. The van der Waals surface area contributed by atoms with Gasteiger partial charge in [-0.15, -0.1) is 0 Å². The molecule has 0 saturated carbocycles. The molecule has 0 unspecified atom stereocenters. The first kappa shape index (κ1) is 11.5. The zero-order valence-electron chi connectivity index (χ0n) is 10.2. The molecule has 17 heavy (non-hydrogen) atoms. The largest absolute Gasteiger partial charge is 0.493 e. The summed E-state index contributed by atoms with van der Waals surface area (Å²) in [5.41, 5.74) is 2.48. The van der Waals surface area contributed by atoms with Crippen molar-refractivity contribution in [2.24, 2.45) is 0 Å². The molecule has 2 rings (SSSR count). The monoisotopic (exact) mass is 229 g/mol.